The molecule has 69 valence electrons. The van der Waals surface area contributed by atoms with E-state index in [9.17, 15) is 0 Å². The maximum absolute atomic E-state index is 5.72. The summed E-state index contributed by atoms with van der Waals surface area (Å²) in [5.74, 6) is 1.60. The zero-order chi connectivity index (χ0) is 8.23. The Bertz CT molecular complexity index is 108. The number of hydrogen-bond donors (Lipinski definition) is 0. The summed E-state index contributed by atoms with van der Waals surface area (Å²) in [4.78, 5) is 0. The van der Waals surface area contributed by atoms with Gasteiger partial charge >= 0.3 is 0 Å². The summed E-state index contributed by atoms with van der Waals surface area (Å²) in [7, 11) is 0. The van der Waals surface area contributed by atoms with Gasteiger partial charge < -0.3 is 9.47 Å². The van der Waals surface area contributed by atoms with Crippen molar-refractivity contribution in [3.8, 4) is 0 Å². The average molecular weight is 169 g/mol. The van der Waals surface area contributed by atoms with E-state index < -0.39 is 0 Å². The zero-order valence-corrected chi connectivity index (χ0v) is 7.55. The molecule has 0 N–H and O–H groups in total. The topological polar surface area (TPSA) is 18.5 Å². The Morgan fingerprint density at radius 2 is 1.83 bits per heavy atom. The van der Waals surface area contributed by atoms with E-state index in [2.05, 4.69) is 0 Å². The van der Waals surface area contributed by atoms with Crippen LogP contribution in [0.2, 0.25) is 0 Å². The van der Waals surface area contributed by atoms with Crippen LogP contribution in [0.4, 0.5) is 0 Å². The van der Waals surface area contributed by atoms with Gasteiger partial charge in [0.15, 0.2) is 0 Å². The lowest BCUT2D eigenvalue weighted by Crippen LogP contribution is -2.30. The van der Waals surface area contributed by atoms with Crippen molar-refractivity contribution in [2.75, 3.05) is 19.8 Å². The molecule has 2 saturated heterocycles. The first-order chi connectivity index (χ1) is 5.97. The van der Waals surface area contributed by atoms with Gasteiger partial charge in [-0.05, 0) is 32.1 Å². The van der Waals surface area contributed by atoms with Crippen molar-refractivity contribution in [3.63, 3.8) is 0 Å². The molecule has 2 aliphatic rings. The van der Waals surface area contributed by atoms with E-state index in [1.165, 1.54) is 19.3 Å². The van der Waals surface area contributed by atoms with Gasteiger partial charge in [-0.25, -0.2) is 0 Å². The monoisotopic (exact) mass is 169 g/mol. The Morgan fingerprint density at radius 1 is 1.00 bits per heavy atom. The SMILES string of the molecule is C1CCC([C]2CCOCC2)OC1. The second kappa shape index (κ2) is 4.24. The van der Waals surface area contributed by atoms with Gasteiger partial charge in [0.05, 0.1) is 6.10 Å². The normalized spacial score (nSPS) is 33.5. The number of rotatable bonds is 1. The fraction of sp³-hybridized carbons (Fsp3) is 0.900. The third kappa shape index (κ3) is 1.99. The summed E-state index contributed by atoms with van der Waals surface area (Å²) < 4.78 is 11.0. The van der Waals surface area contributed by atoms with Crippen LogP contribution >= 0.6 is 0 Å². The Morgan fingerprint density at radius 3 is 2.50 bits per heavy atom. The lowest BCUT2D eigenvalue weighted by Gasteiger charge is -2.32. The van der Waals surface area contributed by atoms with Crippen LogP contribution in [0.3, 0.4) is 0 Å². The fourth-order valence-corrected chi connectivity index (χ4v) is 2.02. The van der Waals surface area contributed by atoms with Crippen molar-refractivity contribution in [1.29, 1.82) is 0 Å². The van der Waals surface area contributed by atoms with Crippen molar-refractivity contribution in [1.82, 2.24) is 0 Å². The average Bonchev–Trinajstić information content (AvgIpc) is 2.21. The van der Waals surface area contributed by atoms with Crippen molar-refractivity contribution in [3.05, 3.63) is 5.92 Å². The largest absolute Gasteiger partial charge is 0.381 e. The predicted molar refractivity (Wildman–Crippen MR) is 46.9 cm³/mol. The highest BCUT2D eigenvalue weighted by Gasteiger charge is 2.26. The van der Waals surface area contributed by atoms with Gasteiger partial charge in [0, 0.05) is 25.7 Å². The first-order valence-corrected chi connectivity index (χ1v) is 5.01. The van der Waals surface area contributed by atoms with Gasteiger partial charge in [0.25, 0.3) is 0 Å². The van der Waals surface area contributed by atoms with Gasteiger partial charge in [0.2, 0.25) is 0 Å². The van der Waals surface area contributed by atoms with Crippen LogP contribution < -0.4 is 0 Å². The van der Waals surface area contributed by atoms with Crippen LogP contribution in [0.1, 0.15) is 32.1 Å². The molecule has 2 fully saturated rings. The summed E-state index contributed by atoms with van der Waals surface area (Å²) in [5.41, 5.74) is 0. The first kappa shape index (κ1) is 8.52. The van der Waals surface area contributed by atoms with E-state index in [0.717, 1.165) is 32.7 Å². The van der Waals surface area contributed by atoms with Gasteiger partial charge in [-0.15, -0.1) is 0 Å². The molecule has 0 amide bonds. The molecule has 1 radical (unpaired) electrons. The standard InChI is InChI=1S/C10H17O2/c1-2-6-12-10(3-1)9-4-7-11-8-5-9/h10H,1-8H2. The summed E-state index contributed by atoms with van der Waals surface area (Å²) in [6.45, 7) is 2.79. The van der Waals surface area contributed by atoms with Crippen LogP contribution in [0.15, 0.2) is 0 Å². The third-order valence-corrected chi connectivity index (χ3v) is 2.77. The molecule has 0 saturated carbocycles. The molecule has 0 aliphatic carbocycles. The fourth-order valence-electron chi connectivity index (χ4n) is 2.02. The Balaban J connectivity index is 1.80. The molecule has 0 bridgehead atoms. The molecular formula is C10H17O2. The van der Waals surface area contributed by atoms with Crippen molar-refractivity contribution >= 4 is 0 Å². The molecule has 2 rings (SSSR count). The first-order valence-electron chi connectivity index (χ1n) is 5.01. The lowest BCUT2D eigenvalue weighted by atomic mass is 9.89. The zero-order valence-electron chi connectivity index (χ0n) is 7.55. The maximum atomic E-state index is 5.72. The number of ether oxygens (including phenoxy) is 2. The summed E-state index contributed by atoms with van der Waals surface area (Å²) >= 11 is 0. The minimum Gasteiger partial charge on any atom is -0.381 e. The Labute approximate surface area is 74.2 Å². The molecule has 2 heteroatoms. The smallest absolute Gasteiger partial charge is 0.0639 e. The van der Waals surface area contributed by atoms with Gasteiger partial charge in [-0.2, -0.15) is 0 Å². The van der Waals surface area contributed by atoms with Gasteiger partial charge in [-0.3, -0.25) is 0 Å². The van der Waals surface area contributed by atoms with Crippen LogP contribution in [0.5, 0.6) is 0 Å². The predicted octanol–water partition coefficient (Wildman–Crippen LogP) is 1.94. The molecule has 0 aromatic carbocycles. The molecule has 2 aliphatic heterocycles. The Hall–Kier alpha value is -0.0800. The molecule has 2 heterocycles. The Kier molecular flexibility index (Phi) is 3.01. The van der Waals surface area contributed by atoms with Crippen molar-refractivity contribution < 1.29 is 9.47 Å². The minimum absolute atomic E-state index is 0.475. The summed E-state index contributed by atoms with van der Waals surface area (Å²) in [5, 5.41) is 0. The molecule has 0 aromatic rings. The van der Waals surface area contributed by atoms with E-state index >= 15 is 0 Å². The molecule has 0 aromatic heterocycles. The van der Waals surface area contributed by atoms with Gasteiger partial charge in [0.1, 0.15) is 0 Å². The van der Waals surface area contributed by atoms with Gasteiger partial charge in [-0.1, -0.05) is 0 Å². The van der Waals surface area contributed by atoms with Crippen LogP contribution in [0.25, 0.3) is 0 Å². The van der Waals surface area contributed by atoms with Crippen LogP contribution in [-0.2, 0) is 9.47 Å². The molecule has 0 spiro atoms. The summed E-state index contributed by atoms with van der Waals surface area (Å²) in [6.07, 6.45) is 6.57. The maximum Gasteiger partial charge on any atom is 0.0639 e. The summed E-state index contributed by atoms with van der Waals surface area (Å²) in [6, 6.07) is 0. The minimum atomic E-state index is 0.475. The third-order valence-electron chi connectivity index (χ3n) is 2.77. The van der Waals surface area contributed by atoms with E-state index in [1.54, 1.807) is 5.92 Å². The second-order valence-corrected chi connectivity index (χ2v) is 3.63. The van der Waals surface area contributed by atoms with Crippen molar-refractivity contribution in [2.24, 2.45) is 0 Å². The highest BCUT2D eigenvalue weighted by Crippen LogP contribution is 2.28. The van der Waals surface area contributed by atoms with Crippen molar-refractivity contribution in [2.45, 2.75) is 38.2 Å². The van der Waals surface area contributed by atoms with Crippen LogP contribution in [0, 0.1) is 5.92 Å². The quantitative estimate of drug-likeness (QED) is 0.597. The highest BCUT2D eigenvalue weighted by molar-refractivity contribution is 5.00. The number of hydrogen-bond acceptors (Lipinski definition) is 2. The highest BCUT2D eigenvalue weighted by atomic mass is 16.5. The van der Waals surface area contributed by atoms with E-state index in [0.29, 0.717) is 6.10 Å². The molecule has 2 nitrogen and oxygen atoms in total. The van der Waals surface area contributed by atoms with E-state index in [-0.39, 0.29) is 0 Å². The molecule has 1 atom stereocenters. The lowest BCUT2D eigenvalue weighted by molar-refractivity contribution is 0.000265. The van der Waals surface area contributed by atoms with E-state index in [4.69, 9.17) is 9.47 Å². The van der Waals surface area contributed by atoms with Crippen LogP contribution in [-0.4, -0.2) is 25.9 Å². The molecule has 12 heavy (non-hydrogen) atoms. The van der Waals surface area contributed by atoms with E-state index in [1.807, 2.05) is 0 Å². The second-order valence-electron chi connectivity index (χ2n) is 3.63. The molecular weight excluding hydrogens is 152 g/mol. The molecule has 1 unspecified atom stereocenters.